The number of hydrogen-bond donors (Lipinski definition) is 2. The highest BCUT2D eigenvalue weighted by molar-refractivity contribution is 7.93. The fourth-order valence-corrected chi connectivity index (χ4v) is 4.42. The van der Waals surface area contributed by atoms with Gasteiger partial charge in [-0.3, -0.25) is 4.79 Å². The largest absolute Gasteiger partial charge is 0.480 e. The number of carboxylic acid groups (broad SMARTS) is 1. The molecular formula is C9H19NO6S2. The first kappa shape index (κ1) is 17.3. The van der Waals surface area contributed by atoms with Gasteiger partial charge in [0.05, 0.1) is 11.5 Å². The Morgan fingerprint density at radius 3 is 2.06 bits per heavy atom. The fourth-order valence-electron chi connectivity index (χ4n) is 1.36. The molecule has 0 fully saturated rings. The Labute approximate surface area is 108 Å². The molecule has 0 aromatic heterocycles. The van der Waals surface area contributed by atoms with Crippen molar-refractivity contribution in [2.75, 3.05) is 17.8 Å². The second-order valence-electron chi connectivity index (χ2n) is 4.44. The lowest BCUT2D eigenvalue weighted by Gasteiger charge is -2.25. The van der Waals surface area contributed by atoms with Crippen molar-refractivity contribution in [2.45, 2.75) is 32.2 Å². The number of sulfonamides is 1. The zero-order valence-corrected chi connectivity index (χ0v) is 12.3. The van der Waals surface area contributed by atoms with E-state index in [0.717, 1.165) is 6.26 Å². The first-order valence-electron chi connectivity index (χ1n) is 5.34. The molecule has 7 nitrogen and oxygen atoms in total. The zero-order chi connectivity index (χ0) is 14.6. The highest BCUT2D eigenvalue weighted by Crippen LogP contribution is 2.14. The predicted octanol–water partition coefficient (Wildman–Crippen LogP) is -0.406. The van der Waals surface area contributed by atoms with E-state index in [-0.39, 0.29) is 6.42 Å². The molecule has 0 saturated heterocycles. The minimum atomic E-state index is -3.95. The minimum Gasteiger partial charge on any atom is -0.480 e. The summed E-state index contributed by atoms with van der Waals surface area (Å²) in [5, 5.41) is 9.01. The highest BCUT2D eigenvalue weighted by Gasteiger charge is 2.36. The van der Waals surface area contributed by atoms with Crippen LogP contribution in [0.1, 0.15) is 26.7 Å². The van der Waals surface area contributed by atoms with Crippen molar-refractivity contribution in [3.05, 3.63) is 0 Å². The molecule has 0 bridgehead atoms. The minimum absolute atomic E-state index is 0.125. The first-order valence-corrected chi connectivity index (χ1v) is 9.06. The van der Waals surface area contributed by atoms with Crippen molar-refractivity contribution >= 4 is 25.8 Å². The SMILES string of the molecule is CCCC(C)(NS(=O)(=O)CCS(C)(=O)=O)C(=O)O. The molecule has 0 aliphatic carbocycles. The summed E-state index contributed by atoms with van der Waals surface area (Å²) in [4.78, 5) is 11.0. The van der Waals surface area contributed by atoms with Gasteiger partial charge in [0.1, 0.15) is 15.4 Å². The van der Waals surface area contributed by atoms with E-state index in [0.29, 0.717) is 6.42 Å². The Kier molecular flexibility index (Phi) is 5.76. The quantitative estimate of drug-likeness (QED) is 0.629. The van der Waals surface area contributed by atoms with Crippen molar-refractivity contribution in [3.63, 3.8) is 0 Å². The molecule has 0 aliphatic rings. The zero-order valence-electron chi connectivity index (χ0n) is 10.6. The first-order chi connectivity index (χ1) is 7.92. The Balaban J connectivity index is 4.89. The molecule has 1 unspecified atom stereocenters. The summed E-state index contributed by atoms with van der Waals surface area (Å²) in [6, 6.07) is 0. The molecule has 0 saturated carbocycles. The summed E-state index contributed by atoms with van der Waals surface area (Å²) in [5.41, 5.74) is -1.61. The molecule has 108 valence electrons. The Morgan fingerprint density at radius 1 is 1.22 bits per heavy atom. The van der Waals surface area contributed by atoms with Crippen LogP contribution in [0, 0.1) is 0 Å². The predicted molar refractivity (Wildman–Crippen MR) is 67.6 cm³/mol. The fraction of sp³-hybridized carbons (Fsp3) is 0.889. The lowest BCUT2D eigenvalue weighted by Crippen LogP contribution is -2.53. The molecule has 2 N–H and O–H groups in total. The Bertz CT molecular complexity index is 495. The van der Waals surface area contributed by atoms with Gasteiger partial charge in [-0.2, -0.15) is 4.72 Å². The summed E-state index contributed by atoms with van der Waals surface area (Å²) >= 11 is 0. The monoisotopic (exact) mass is 301 g/mol. The molecule has 0 rings (SSSR count). The van der Waals surface area contributed by atoms with Crippen LogP contribution in [0.4, 0.5) is 0 Å². The number of aliphatic carboxylic acids is 1. The van der Waals surface area contributed by atoms with E-state index in [4.69, 9.17) is 5.11 Å². The summed E-state index contributed by atoms with van der Waals surface area (Å²) in [6.45, 7) is 2.99. The van der Waals surface area contributed by atoms with E-state index in [1.54, 1.807) is 6.92 Å². The summed E-state index contributed by atoms with van der Waals surface area (Å²) in [7, 11) is -7.36. The highest BCUT2D eigenvalue weighted by atomic mass is 32.2. The number of carboxylic acids is 1. The number of carbonyl (C=O) groups is 1. The van der Waals surface area contributed by atoms with Crippen molar-refractivity contribution < 1.29 is 26.7 Å². The third-order valence-corrected chi connectivity index (χ3v) is 5.03. The van der Waals surface area contributed by atoms with Gasteiger partial charge in [0.25, 0.3) is 0 Å². The maximum Gasteiger partial charge on any atom is 0.324 e. The standard InChI is InChI=1S/C9H19NO6S2/c1-4-5-9(2,8(11)12)10-18(15,16)7-6-17(3,13)14/h10H,4-7H2,1-3H3,(H,11,12). The summed E-state index contributed by atoms with van der Waals surface area (Å²) in [5.74, 6) is -2.46. The van der Waals surface area contributed by atoms with Crippen LogP contribution in [0.3, 0.4) is 0 Å². The van der Waals surface area contributed by atoms with E-state index in [9.17, 15) is 21.6 Å². The second-order valence-corrected chi connectivity index (χ2v) is 8.54. The molecule has 18 heavy (non-hydrogen) atoms. The number of rotatable bonds is 8. The van der Waals surface area contributed by atoms with Gasteiger partial charge in [0, 0.05) is 6.26 Å². The Morgan fingerprint density at radius 2 is 1.72 bits per heavy atom. The molecule has 0 radical (unpaired) electrons. The van der Waals surface area contributed by atoms with Gasteiger partial charge in [-0.05, 0) is 13.3 Å². The van der Waals surface area contributed by atoms with Crippen LogP contribution in [0.25, 0.3) is 0 Å². The average molecular weight is 301 g/mol. The summed E-state index contributed by atoms with van der Waals surface area (Å²) < 4.78 is 47.1. The van der Waals surface area contributed by atoms with Crippen LogP contribution < -0.4 is 4.72 Å². The molecule has 0 spiro atoms. The van der Waals surface area contributed by atoms with Gasteiger partial charge in [-0.15, -0.1) is 0 Å². The van der Waals surface area contributed by atoms with Gasteiger partial charge in [-0.1, -0.05) is 13.3 Å². The van der Waals surface area contributed by atoms with E-state index in [2.05, 4.69) is 4.72 Å². The van der Waals surface area contributed by atoms with E-state index in [1.165, 1.54) is 6.92 Å². The molecular weight excluding hydrogens is 282 g/mol. The maximum absolute atomic E-state index is 11.6. The van der Waals surface area contributed by atoms with Gasteiger partial charge in [0.15, 0.2) is 0 Å². The third kappa shape index (κ3) is 6.31. The van der Waals surface area contributed by atoms with Crippen molar-refractivity contribution in [2.24, 2.45) is 0 Å². The second kappa shape index (κ2) is 5.98. The molecule has 9 heteroatoms. The Hall–Kier alpha value is -0.670. The lowest BCUT2D eigenvalue weighted by atomic mass is 9.98. The van der Waals surface area contributed by atoms with Crippen LogP contribution in [0.2, 0.25) is 0 Å². The van der Waals surface area contributed by atoms with Crippen LogP contribution in [-0.2, 0) is 24.7 Å². The third-order valence-electron chi connectivity index (χ3n) is 2.33. The number of hydrogen-bond acceptors (Lipinski definition) is 5. The van der Waals surface area contributed by atoms with E-state index < -0.39 is 42.9 Å². The van der Waals surface area contributed by atoms with Crippen LogP contribution in [0.15, 0.2) is 0 Å². The van der Waals surface area contributed by atoms with Gasteiger partial charge < -0.3 is 5.11 Å². The lowest BCUT2D eigenvalue weighted by molar-refractivity contribution is -0.143. The van der Waals surface area contributed by atoms with Gasteiger partial charge in [-0.25, -0.2) is 16.8 Å². The molecule has 0 heterocycles. The molecule has 1 atom stereocenters. The smallest absolute Gasteiger partial charge is 0.324 e. The average Bonchev–Trinajstić information content (AvgIpc) is 2.13. The number of sulfone groups is 1. The molecule has 0 aromatic carbocycles. The topological polar surface area (TPSA) is 118 Å². The molecule has 0 aliphatic heterocycles. The number of nitrogens with one attached hydrogen (secondary N) is 1. The van der Waals surface area contributed by atoms with Crippen molar-refractivity contribution in [3.8, 4) is 0 Å². The molecule has 0 amide bonds. The van der Waals surface area contributed by atoms with Crippen molar-refractivity contribution in [1.82, 2.24) is 4.72 Å². The van der Waals surface area contributed by atoms with E-state index in [1.807, 2.05) is 0 Å². The van der Waals surface area contributed by atoms with Gasteiger partial charge in [0.2, 0.25) is 10.0 Å². The summed E-state index contributed by atoms with van der Waals surface area (Å²) in [6.07, 6.45) is 1.53. The van der Waals surface area contributed by atoms with Crippen molar-refractivity contribution in [1.29, 1.82) is 0 Å². The maximum atomic E-state index is 11.6. The normalized spacial score (nSPS) is 16.2. The van der Waals surface area contributed by atoms with E-state index >= 15 is 0 Å². The van der Waals surface area contributed by atoms with Crippen LogP contribution in [-0.4, -0.2) is 51.2 Å². The van der Waals surface area contributed by atoms with Crippen LogP contribution >= 0.6 is 0 Å². The molecule has 0 aromatic rings. The van der Waals surface area contributed by atoms with Crippen LogP contribution in [0.5, 0.6) is 0 Å². The van der Waals surface area contributed by atoms with Gasteiger partial charge >= 0.3 is 5.97 Å².